The van der Waals surface area contributed by atoms with Crippen LogP contribution in [0.4, 0.5) is 0 Å². The van der Waals surface area contributed by atoms with Crippen LogP contribution >= 0.6 is 15.9 Å². The lowest BCUT2D eigenvalue weighted by atomic mass is 10.8. The van der Waals surface area contributed by atoms with Gasteiger partial charge in [0.25, 0.3) is 4.80 Å². The molecule has 38 valence electrons. The third-order valence-electron chi connectivity index (χ3n) is 0.503. The molecule has 1 aromatic rings. The van der Waals surface area contributed by atoms with Gasteiger partial charge in [0.15, 0.2) is 5.82 Å². The minimum atomic E-state index is 0.435. The highest BCUT2D eigenvalue weighted by molar-refractivity contribution is 9.10. The van der Waals surface area contributed by atoms with Gasteiger partial charge in [0.2, 0.25) is 0 Å². The lowest BCUT2D eigenvalue weighted by molar-refractivity contribution is 0.392. The molecule has 0 aliphatic rings. The zero-order valence-electron chi connectivity index (χ0n) is 3.68. The first-order valence-electron chi connectivity index (χ1n) is 1.75. The van der Waals surface area contributed by atoms with E-state index in [4.69, 9.17) is 0 Å². The van der Waals surface area contributed by atoms with Crippen LogP contribution in [0.25, 0.3) is 0 Å². The standard InChI is InChI=1S/C3H3BrN2O/c1-2-5-3(4)7-6-2/h1H3. The molecule has 0 unspecified atom stereocenters. The van der Waals surface area contributed by atoms with Crippen LogP contribution in [0.15, 0.2) is 9.32 Å². The molecular formula is C3H3BrN2O. The molecular weight excluding hydrogens is 160 g/mol. The second kappa shape index (κ2) is 1.61. The molecule has 0 fully saturated rings. The van der Waals surface area contributed by atoms with Crippen molar-refractivity contribution in [1.29, 1.82) is 0 Å². The molecule has 0 bridgehead atoms. The number of halogens is 1. The summed E-state index contributed by atoms with van der Waals surface area (Å²) in [6.45, 7) is 1.76. The Labute approximate surface area is 48.8 Å². The fraction of sp³-hybridized carbons (Fsp3) is 0.333. The van der Waals surface area contributed by atoms with E-state index < -0.39 is 0 Å². The van der Waals surface area contributed by atoms with Crippen molar-refractivity contribution < 1.29 is 4.52 Å². The number of aromatic nitrogens is 2. The van der Waals surface area contributed by atoms with Crippen LogP contribution in [0.2, 0.25) is 0 Å². The number of hydrogen-bond acceptors (Lipinski definition) is 3. The Morgan fingerprint density at radius 1 is 1.71 bits per heavy atom. The van der Waals surface area contributed by atoms with E-state index in [2.05, 4.69) is 30.6 Å². The van der Waals surface area contributed by atoms with Gasteiger partial charge in [0.1, 0.15) is 0 Å². The Balaban J connectivity index is 3.04. The third-order valence-corrected chi connectivity index (χ3v) is 0.825. The largest absolute Gasteiger partial charge is 0.327 e. The van der Waals surface area contributed by atoms with Crippen LogP contribution in [-0.4, -0.2) is 10.1 Å². The lowest BCUT2D eigenvalue weighted by Gasteiger charge is -1.62. The van der Waals surface area contributed by atoms with E-state index in [9.17, 15) is 0 Å². The van der Waals surface area contributed by atoms with Gasteiger partial charge >= 0.3 is 0 Å². The Bertz CT molecular complexity index is 145. The Kier molecular flexibility index (Phi) is 1.10. The summed E-state index contributed by atoms with van der Waals surface area (Å²) < 4.78 is 4.52. The third kappa shape index (κ3) is 0.991. The van der Waals surface area contributed by atoms with Crippen LogP contribution in [-0.2, 0) is 0 Å². The highest BCUT2D eigenvalue weighted by Gasteiger charge is 1.92. The zero-order chi connectivity index (χ0) is 5.28. The number of aryl methyl sites for hydroxylation is 1. The van der Waals surface area contributed by atoms with Gasteiger partial charge in [-0.3, -0.25) is 0 Å². The molecule has 0 aliphatic heterocycles. The van der Waals surface area contributed by atoms with Crippen LogP contribution in [0.5, 0.6) is 0 Å². The minimum Gasteiger partial charge on any atom is -0.327 e. The highest BCUT2D eigenvalue weighted by atomic mass is 79.9. The van der Waals surface area contributed by atoms with E-state index in [0.717, 1.165) is 0 Å². The van der Waals surface area contributed by atoms with Gasteiger partial charge in [-0.15, -0.1) is 0 Å². The molecule has 1 heterocycles. The smallest absolute Gasteiger partial charge is 0.293 e. The van der Waals surface area contributed by atoms with E-state index >= 15 is 0 Å². The van der Waals surface area contributed by atoms with Crippen molar-refractivity contribution in [2.24, 2.45) is 0 Å². The molecule has 0 aromatic carbocycles. The maximum Gasteiger partial charge on any atom is 0.293 e. The SMILES string of the molecule is Cc1noc(Br)n1. The molecule has 0 atom stereocenters. The molecule has 7 heavy (non-hydrogen) atoms. The van der Waals surface area contributed by atoms with Crippen molar-refractivity contribution in [2.45, 2.75) is 6.92 Å². The summed E-state index contributed by atoms with van der Waals surface area (Å²) in [7, 11) is 0. The Morgan fingerprint density at radius 2 is 2.43 bits per heavy atom. The second-order valence-corrected chi connectivity index (χ2v) is 1.77. The first kappa shape index (κ1) is 4.77. The number of rotatable bonds is 0. The van der Waals surface area contributed by atoms with E-state index in [1.165, 1.54) is 0 Å². The summed E-state index contributed by atoms with van der Waals surface area (Å²) in [6.07, 6.45) is 0. The molecule has 1 aromatic heterocycles. The van der Waals surface area contributed by atoms with Crippen molar-refractivity contribution >= 4 is 15.9 Å². The van der Waals surface area contributed by atoms with Gasteiger partial charge in [-0.05, 0) is 6.92 Å². The van der Waals surface area contributed by atoms with Gasteiger partial charge in [-0.1, -0.05) is 5.16 Å². The fourth-order valence-corrected chi connectivity index (χ4v) is 0.601. The minimum absolute atomic E-state index is 0.435. The molecule has 4 heteroatoms. The normalized spacial score (nSPS) is 9.43. The van der Waals surface area contributed by atoms with Crippen LogP contribution < -0.4 is 0 Å². The van der Waals surface area contributed by atoms with Crippen molar-refractivity contribution in [3.8, 4) is 0 Å². The molecule has 0 radical (unpaired) electrons. The van der Waals surface area contributed by atoms with Gasteiger partial charge in [0.05, 0.1) is 0 Å². The zero-order valence-corrected chi connectivity index (χ0v) is 5.27. The summed E-state index contributed by atoms with van der Waals surface area (Å²) in [4.78, 5) is 4.19. The molecule has 0 spiro atoms. The molecule has 0 saturated carbocycles. The summed E-state index contributed by atoms with van der Waals surface area (Å²) in [5.74, 6) is 0.645. The average Bonchev–Trinajstić information content (AvgIpc) is 1.87. The van der Waals surface area contributed by atoms with Gasteiger partial charge in [-0.2, -0.15) is 4.98 Å². The maximum atomic E-state index is 4.52. The average molecular weight is 163 g/mol. The van der Waals surface area contributed by atoms with Crippen molar-refractivity contribution in [3.05, 3.63) is 10.6 Å². The summed E-state index contributed by atoms with van der Waals surface area (Å²) in [5, 5.41) is 3.48. The summed E-state index contributed by atoms with van der Waals surface area (Å²) in [5.41, 5.74) is 0. The Hall–Kier alpha value is -0.380. The van der Waals surface area contributed by atoms with Crippen LogP contribution in [0, 0.1) is 6.92 Å². The Morgan fingerprint density at radius 3 is 2.57 bits per heavy atom. The quantitative estimate of drug-likeness (QED) is 0.575. The summed E-state index contributed by atoms with van der Waals surface area (Å²) in [6, 6.07) is 0. The van der Waals surface area contributed by atoms with Crippen molar-refractivity contribution in [3.63, 3.8) is 0 Å². The lowest BCUT2D eigenvalue weighted by Crippen LogP contribution is -1.67. The predicted molar refractivity (Wildman–Crippen MR) is 26.7 cm³/mol. The topological polar surface area (TPSA) is 38.9 Å². The fourth-order valence-electron chi connectivity index (χ4n) is 0.272. The molecule has 0 saturated heterocycles. The van der Waals surface area contributed by atoms with Crippen LogP contribution in [0.1, 0.15) is 5.82 Å². The first-order valence-corrected chi connectivity index (χ1v) is 2.54. The van der Waals surface area contributed by atoms with E-state index in [0.29, 0.717) is 10.6 Å². The number of nitrogens with zero attached hydrogens (tertiary/aromatic N) is 2. The maximum absolute atomic E-state index is 4.52. The molecule has 0 N–H and O–H groups in total. The van der Waals surface area contributed by atoms with E-state index in [1.54, 1.807) is 6.92 Å². The van der Waals surface area contributed by atoms with E-state index in [1.807, 2.05) is 0 Å². The second-order valence-electron chi connectivity index (χ2n) is 1.09. The van der Waals surface area contributed by atoms with E-state index in [-0.39, 0.29) is 0 Å². The molecule has 1 rings (SSSR count). The van der Waals surface area contributed by atoms with Crippen molar-refractivity contribution in [2.75, 3.05) is 0 Å². The number of hydrogen-bond donors (Lipinski definition) is 0. The first-order chi connectivity index (χ1) is 3.29. The highest BCUT2D eigenvalue weighted by Crippen LogP contribution is 2.02. The van der Waals surface area contributed by atoms with Crippen LogP contribution in [0.3, 0.4) is 0 Å². The van der Waals surface area contributed by atoms with Gasteiger partial charge in [-0.25, -0.2) is 0 Å². The van der Waals surface area contributed by atoms with Gasteiger partial charge < -0.3 is 4.52 Å². The van der Waals surface area contributed by atoms with Crippen molar-refractivity contribution in [1.82, 2.24) is 10.1 Å². The predicted octanol–water partition coefficient (Wildman–Crippen LogP) is 1.14. The summed E-state index contributed by atoms with van der Waals surface area (Å²) >= 11 is 2.99. The molecule has 0 aliphatic carbocycles. The molecule has 3 nitrogen and oxygen atoms in total. The molecule has 0 amide bonds. The van der Waals surface area contributed by atoms with Gasteiger partial charge in [0, 0.05) is 15.9 Å². The monoisotopic (exact) mass is 162 g/mol.